The van der Waals surface area contributed by atoms with Gasteiger partial charge in [-0.25, -0.2) is 0 Å². The molecule has 0 saturated heterocycles. The van der Waals surface area contributed by atoms with Crippen molar-refractivity contribution < 1.29 is 0 Å². The summed E-state index contributed by atoms with van der Waals surface area (Å²) < 4.78 is 2.78. The van der Waals surface area contributed by atoms with Crippen molar-refractivity contribution in [2.75, 3.05) is 0 Å². The minimum absolute atomic E-state index is 0.279. The third-order valence-electron chi connectivity index (χ3n) is 3.00. The van der Waals surface area contributed by atoms with E-state index in [0.717, 1.165) is 10.9 Å². The normalized spacial score (nSPS) is 14.7. The molecule has 0 radical (unpaired) electrons. The van der Waals surface area contributed by atoms with Crippen LogP contribution in [0.25, 0.3) is 0 Å². The molecular weight excluding hydrogens is 266 g/mol. The molecule has 0 bridgehead atoms. The maximum absolute atomic E-state index is 5.96. The van der Waals surface area contributed by atoms with Gasteiger partial charge in [0.05, 0.1) is 10.5 Å². The van der Waals surface area contributed by atoms with Crippen LogP contribution in [-0.4, -0.2) is 9.78 Å². The van der Waals surface area contributed by atoms with Gasteiger partial charge in [0.15, 0.2) is 0 Å². The SMILES string of the molecule is CCn1cc(C(C)NC(C)c2ccc(Cl)s2)cn1. The summed E-state index contributed by atoms with van der Waals surface area (Å²) in [5.41, 5.74) is 1.21. The van der Waals surface area contributed by atoms with Crippen LogP contribution in [0.2, 0.25) is 4.34 Å². The van der Waals surface area contributed by atoms with Crippen LogP contribution in [-0.2, 0) is 6.54 Å². The molecule has 0 spiro atoms. The first kappa shape index (κ1) is 13.6. The van der Waals surface area contributed by atoms with Gasteiger partial charge in [-0.2, -0.15) is 5.10 Å². The molecule has 98 valence electrons. The second-order valence-corrected chi connectivity index (χ2v) is 6.13. The Labute approximate surface area is 117 Å². The van der Waals surface area contributed by atoms with E-state index in [1.807, 2.05) is 16.9 Å². The van der Waals surface area contributed by atoms with E-state index in [9.17, 15) is 0 Å². The van der Waals surface area contributed by atoms with Crippen molar-refractivity contribution in [2.45, 2.75) is 39.4 Å². The lowest BCUT2D eigenvalue weighted by atomic mass is 10.1. The van der Waals surface area contributed by atoms with E-state index in [1.165, 1.54) is 10.4 Å². The van der Waals surface area contributed by atoms with Crippen LogP contribution in [0.3, 0.4) is 0 Å². The van der Waals surface area contributed by atoms with Crippen LogP contribution in [0.5, 0.6) is 0 Å². The third-order valence-corrected chi connectivity index (χ3v) is 4.41. The Morgan fingerprint density at radius 3 is 2.72 bits per heavy atom. The van der Waals surface area contributed by atoms with Crippen molar-refractivity contribution in [1.29, 1.82) is 0 Å². The minimum atomic E-state index is 0.279. The van der Waals surface area contributed by atoms with Crippen molar-refractivity contribution >= 4 is 22.9 Å². The topological polar surface area (TPSA) is 29.9 Å². The maximum Gasteiger partial charge on any atom is 0.0931 e. The fourth-order valence-corrected chi connectivity index (χ4v) is 2.96. The molecule has 0 fully saturated rings. The Balaban J connectivity index is 2.00. The molecule has 2 aromatic rings. The number of thiophene rings is 1. The van der Waals surface area contributed by atoms with Crippen molar-refractivity contribution in [2.24, 2.45) is 0 Å². The number of nitrogens with one attached hydrogen (secondary N) is 1. The largest absolute Gasteiger partial charge is 0.303 e. The predicted octanol–water partition coefficient (Wildman–Crippen LogP) is 4.03. The molecule has 2 unspecified atom stereocenters. The van der Waals surface area contributed by atoms with Gasteiger partial charge in [-0.15, -0.1) is 11.3 Å². The van der Waals surface area contributed by atoms with E-state index >= 15 is 0 Å². The van der Waals surface area contributed by atoms with Gasteiger partial charge < -0.3 is 5.32 Å². The molecule has 3 nitrogen and oxygen atoms in total. The van der Waals surface area contributed by atoms with Gasteiger partial charge in [-0.3, -0.25) is 4.68 Å². The predicted molar refractivity (Wildman–Crippen MR) is 77.2 cm³/mol. The first-order valence-electron chi connectivity index (χ1n) is 6.13. The number of rotatable bonds is 5. The molecule has 18 heavy (non-hydrogen) atoms. The van der Waals surface area contributed by atoms with Crippen molar-refractivity contribution in [3.05, 3.63) is 39.3 Å². The highest BCUT2D eigenvalue weighted by Gasteiger charge is 2.13. The molecule has 0 aliphatic heterocycles. The highest BCUT2D eigenvalue weighted by molar-refractivity contribution is 7.16. The zero-order chi connectivity index (χ0) is 13.1. The summed E-state index contributed by atoms with van der Waals surface area (Å²) in [6.45, 7) is 7.31. The van der Waals surface area contributed by atoms with Crippen molar-refractivity contribution in [3.63, 3.8) is 0 Å². The fourth-order valence-electron chi connectivity index (χ4n) is 1.89. The lowest BCUT2D eigenvalue weighted by Gasteiger charge is -2.17. The van der Waals surface area contributed by atoms with Gasteiger partial charge in [-0.05, 0) is 32.9 Å². The Kier molecular flexibility index (Phi) is 4.43. The highest BCUT2D eigenvalue weighted by Crippen LogP contribution is 2.28. The van der Waals surface area contributed by atoms with Crippen LogP contribution in [0, 0.1) is 0 Å². The van der Waals surface area contributed by atoms with Crippen LogP contribution in [0.1, 0.15) is 43.3 Å². The highest BCUT2D eigenvalue weighted by atomic mass is 35.5. The molecule has 0 aliphatic carbocycles. The van der Waals surface area contributed by atoms with Crippen molar-refractivity contribution in [1.82, 2.24) is 15.1 Å². The Bertz CT molecular complexity index is 506. The number of aromatic nitrogens is 2. The summed E-state index contributed by atoms with van der Waals surface area (Å²) in [5.74, 6) is 0. The molecule has 2 atom stereocenters. The van der Waals surface area contributed by atoms with E-state index < -0.39 is 0 Å². The number of hydrogen-bond acceptors (Lipinski definition) is 3. The number of nitrogens with zero attached hydrogens (tertiary/aromatic N) is 2. The van der Waals surface area contributed by atoms with E-state index in [4.69, 9.17) is 11.6 Å². The maximum atomic E-state index is 5.96. The van der Waals surface area contributed by atoms with Crippen LogP contribution < -0.4 is 5.32 Å². The summed E-state index contributed by atoms with van der Waals surface area (Å²) in [4.78, 5) is 1.26. The zero-order valence-electron chi connectivity index (χ0n) is 10.9. The lowest BCUT2D eigenvalue weighted by molar-refractivity contribution is 0.499. The van der Waals surface area contributed by atoms with Crippen LogP contribution in [0.15, 0.2) is 24.5 Å². The summed E-state index contributed by atoms with van der Waals surface area (Å²) in [7, 11) is 0. The third kappa shape index (κ3) is 3.13. The molecule has 2 rings (SSSR count). The summed E-state index contributed by atoms with van der Waals surface area (Å²) in [5, 5.41) is 7.86. The quantitative estimate of drug-likeness (QED) is 0.898. The minimum Gasteiger partial charge on any atom is -0.303 e. The van der Waals surface area contributed by atoms with Gasteiger partial charge in [0.1, 0.15) is 0 Å². The lowest BCUT2D eigenvalue weighted by Crippen LogP contribution is -2.21. The van der Waals surface area contributed by atoms with Gasteiger partial charge in [-0.1, -0.05) is 11.6 Å². The summed E-state index contributed by atoms with van der Waals surface area (Å²) >= 11 is 7.58. The Morgan fingerprint density at radius 2 is 2.17 bits per heavy atom. The van der Waals surface area contributed by atoms with E-state index in [0.29, 0.717) is 6.04 Å². The van der Waals surface area contributed by atoms with Gasteiger partial charge in [0, 0.05) is 35.3 Å². The first-order valence-corrected chi connectivity index (χ1v) is 7.33. The number of hydrogen-bond donors (Lipinski definition) is 1. The molecule has 0 amide bonds. The summed E-state index contributed by atoms with van der Waals surface area (Å²) in [6, 6.07) is 4.59. The van der Waals surface area contributed by atoms with Crippen LogP contribution >= 0.6 is 22.9 Å². The molecule has 0 aromatic carbocycles. The van der Waals surface area contributed by atoms with Gasteiger partial charge in [0.2, 0.25) is 0 Å². The standard InChI is InChI=1S/C13H18ClN3S/c1-4-17-8-11(7-15-17)9(2)16-10(3)12-5-6-13(14)18-12/h5-10,16H,4H2,1-3H3. The van der Waals surface area contributed by atoms with E-state index in [2.05, 4.69) is 43.4 Å². The molecular formula is C13H18ClN3S. The smallest absolute Gasteiger partial charge is 0.0931 e. The van der Waals surface area contributed by atoms with Crippen molar-refractivity contribution in [3.8, 4) is 0 Å². The van der Waals surface area contributed by atoms with E-state index in [1.54, 1.807) is 11.3 Å². The average Bonchev–Trinajstić information content (AvgIpc) is 2.97. The molecule has 2 aromatic heterocycles. The molecule has 0 saturated carbocycles. The summed E-state index contributed by atoms with van der Waals surface area (Å²) in [6.07, 6.45) is 4.01. The second-order valence-electron chi connectivity index (χ2n) is 4.38. The average molecular weight is 284 g/mol. The Morgan fingerprint density at radius 1 is 1.39 bits per heavy atom. The van der Waals surface area contributed by atoms with Gasteiger partial charge in [0.25, 0.3) is 0 Å². The zero-order valence-corrected chi connectivity index (χ0v) is 12.4. The number of aryl methyl sites for hydroxylation is 1. The van der Waals surface area contributed by atoms with E-state index in [-0.39, 0.29) is 6.04 Å². The molecule has 0 aliphatic rings. The number of halogens is 1. The Hall–Kier alpha value is -0.840. The van der Waals surface area contributed by atoms with Gasteiger partial charge >= 0.3 is 0 Å². The molecule has 1 N–H and O–H groups in total. The second kappa shape index (κ2) is 5.87. The molecule has 2 heterocycles. The van der Waals surface area contributed by atoms with Crippen LogP contribution in [0.4, 0.5) is 0 Å². The first-order chi connectivity index (χ1) is 8.60. The molecule has 5 heteroatoms. The fraction of sp³-hybridized carbons (Fsp3) is 0.462. The monoisotopic (exact) mass is 283 g/mol.